The predicted octanol–water partition coefficient (Wildman–Crippen LogP) is 5.06. The number of anilines is 1. The van der Waals surface area contributed by atoms with Crippen LogP contribution in [0.25, 0.3) is 10.9 Å². The maximum Gasteiger partial charge on any atom is 0.146 e. The third kappa shape index (κ3) is 3.05. The molecule has 2 nitrogen and oxygen atoms in total. The first-order valence-corrected chi connectivity index (χ1v) is 7.47. The van der Waals surface area contributed by atoms with Gasteiger partial charge in [-0.05, 0) is 42.8 Å². The second kappa shape index (κ2) is 5.82. The van der Waals surface area contributed by atoms with Crippen molar-refractivity contribution in [1.29, 1.82) is 0 Å². The van der Waals surface area contributed by atoms with Crippen LogP contribution in [0.3, 0.4) is 0 Å². The summed E-state index contributed by atoms with van der Waals surface area (Å²) >= 11 is 3.36. The third-order valence-corrected chi connectivity index (χ3v) is 3.82. The van der Waals surface area contributed by atoms with Gasteiger partial charge in [0.2, 0.25) is 0 Å². The fraction of sp³-hybridized carbons (Fsp3) is 0.118. The molecule has 3 aromatic rings. The van der Waals surface area contributed by atoms with Crippen molar-refractivity contribution >= 4 is 32.5 Å². The number of nitrogens with one attached hydrogen (secondary N) is 1. The van der Waals surface area contributed by atoms with Crippen molar-refractivity contribution in [3.63, 3.8) is 0 Å². The number of nitrogens with zero attached hydrogens (tertiary/aromatic N) is 1. The number of para-hydroxylation sites is 1. The second-order valence-corrected chi connectivity index (χ2v) is 5.83. The quantitative estimate of drug-likeness (QED) is 0.718. The normalized spacial score (nSPS) is 10.8. The SMILES string of the molecule is Cc1cc(CNc2cc(Br)ccc2F)c2ccccc2n1. The lowest BCUT2D eigenvalue weighted by atomic mass is 10.1. The Bertz CT molecular complexity index is 802. The van der Waals surface area contributed by atoms with Crippen LogP contribution in [0, 0.1) is 12.7 Å². The van der Waals surface area contributed by atoms with E-state index in [1.165, 1.54) is 6.07 Å². The average molecular weight is 345 g/mol. The minimum absolute atomic E-state index is 0.256. The molecule has 1 aromatic heterocycles. The minimum atomic E-state index is -0.256. The molecule has 0 unspecified atom stereocenters. The van der Waals surface area contributed by atoms with E-state index in [1.807, 2.05) is 37.3 Å². The highest BCUT2D eigenvalue weighted by molar-refractivity contribution is 9.10. The molecule has 21 heavy (non-hydrogen) atoms. The smallest absolute Gasteiger partial charge is 0.146 e. The first-order chi connectivity index (χ1) is 10.1. The van der Waals surface area contributed by atoms with Crippen LogP contribution in [0.5, 0.6) is 0 Å². The lowest BCUT2D eigenvalue weighted by Crippen LogP contribution is -2.03. The van der Waals surface area contributed by atoms with Crippen molar-refractivity contribution in [2.45, 2.75) is 13.5 Å². The molecular formula is C17H14BrFN2. The van der Waals surface area contributed by atoms with Crippen LogP contribution in [0.1, 0.15) is 11.3 Å². The van der Waals surface area contributed by atoms with E-state index >= 15 is 0 Å². The molecule has 0 aliphatic rings. The van der Waals surface area contributed by atoms with Crippen molar-refractivity contribution in [3.8, 4) is 0 Å². The van der Waals surface area contributed by atoms with Crippen LogP contribution in [0.4, 0.5) is 10.1 Å². The zero-order valence-corrected chi connectivity index (χ0v) is 13.1. The summed E-state index contributed by atoms with van der Waals surface area (Å²) < 4.78 is 14.6. The number of halogens is 2. The molecule has 0 aliphatic heterocycles. The van der Waals surface area contributed by atoms with Gasteiger partial charge in [-0.3, -0.25) is 4.98 Å². The largest absolute Gasteiger partial charge is 0.379 e. The number of fused-ring (bicyclic) bond motifs is 1. The molecule has 2 aromatic carbocycles. The Labute approximate surface area is 131 Å². The van der Waals surface area contributed by atoms with Crippen molar-refractivity contribution in [3.05, 3.63) is 70.1 Å². The second-order valence-electron chi connectivity index (χ2n) is 4.92. The van der Waals surface area contributed by atoms with Crippen LogP contribution >= 0.6 is 15.9 Å². The summed E-state index contributed by atoms with van der Waals surface area (Å²) in [6.07, 6.45) is 0. The molecule has 106 valence electrons. The lowest BCUT2D eigenvalue weighted by Gasteiger charge is -2.11. The van der Waals surface area contributed by atoms with Gasteiger partial charge in [0.05, 0.1) is 11.2 Å². The molecule has 0 bridgehead atoms. The number of benzene rings is 2. The maximum atomic E-state index is 13.8. The summed E-state index contributed by atoms with van der Waals surface area (Å²) in [6.45, 7) is 2.52. The van der Waals surface area contributed by atoms with Crippen LogP contribution in [-0.4, -0.2) is 4.98 Å². The molecular weight excluding hydrogens is 331 g/mol. The fourth-order valence-electron chi connectivity index (χ4n) is 2.36. The molecule has 0 amide bonds. The summed E-state index contributed by atoms with van der Waals surface area (Å²) in [5.41, 5.74) is 3.52. The molecule has 0 spiro atoms. The third-order valence-electron chi connectivity index (χ3n) is 3.33. The van der Waals surface area contributed by atoms with Gasteiger partial charge in [-0.2, -0.15) is 0 Å². The van der Waals surface area contributed by atoms with E-state index in [1.54, 1.807) is 12.1 Å². The van der Waals surface area contributed by atoms with Gasteiger partial charge >= 0.3 is 0 Å². The van der Waals surface area contributed by atoms with Crippen LogP contribution in [0.2, 0.25) is 0 Å². The molecule has 4 heteroatoms. The van der Waals surface area contributed by atoms with Crippen LogP contribution in [0.15, 0.2) is 53.0 Å². The Morgan fingerprint density at radius 1 is 1.14 bits per heavy atom. The minimum Gasteiger partial charge on any atom is -0.379 e. The number of pyridine rings is 1. The van der Waals surface area contributed by atoms with Gasteiger partial charge in [0.15, 0.2) is 0 Å². The zero-order chi connectivity index (χ0) is 14.8. The molecule has 1 N–H and O–H groups in total. The Hall–Kier alpha value is -1.94. The van der Waals surface area contributed by atoms with E-state index in [0.717, 1.165) is 26.6 Å². The van der Waals surface area contributed by atoms with Gasteiger partial charge in [-0.25, -0.2) is 4.39 Å². The van der Waals surface area contributed by atoms with E-state index < -0.39 is 0 Å². The van der Waals surface area contributed by atoms with Crippen molar-refractivity contribution < 1.29 is 4.39 Å². The molecule has 0 saturated heterocycles. The Kier molecular flexibility index (Phi) is 3.88. The van der Waals surface area contributed by atoms with Gasteiger partial charge in [0, 0.05) is 22.1 Å². The highest BCUT2D eigenvalue weighted by Crippen LogP contribution is 2.23. The van der Waals surface area contributed by atoms with E-state index in [4.69, 9.17) is 0 Å². The molecule has 0 saturated carbocycles. The summed E-state index contributed by atoms with van der Waals surface area (Å²) in [4.78, 5) is 4.51. The van der Waals surface area contributed by atoms with E-state index in [2.05, 4.69) is 26.2 Å². The predicted molar refractivity (Wildman–Crippen MR) is 87.9 cm³/mol. The Morgan fingerprint density at radius 3 is 2.81 bits per heavy atom. The number of aromatic nitrogens is 1. The maximum absolute atomic E-state index is 13.8. The molecule has 3 rings (SSSR count). The lowest BCUT2D eigenvalue weighted by molar-refractivity contribution is 0.630. The highest BCUT2D eigenvalue weighted by Gasteiger charge is 2.06. The summed E-state index contributed by atoms with van der Waals surface area (Å²) in [5.74, 6) is -0.256. The van der Waals surface area contributed by atoms with Crippen molar-refractivity contribution in [2.24, 2.45) is 0 Å². The summed E-state index contributed by atoms with van der Waals surface area (Å²) in [7, 11) is 0. The highest BCUT2D eigenvalue weighted by atomic mass is 79.9. The monoisotopic (exact) mass is 344 g/mol. The molecule has 0 radical (unpaired) electrons. The van der Waals surface area contributed by atoms with Gasteiger partial charge in [0.25, 0.3) is 0 Å². The fourth-order valence-corrected chi connectivity index (χ4v) is 2.73. The van der Waals surface area contributed by atoms with Crippen LogP contribution in [-0.2, 0) is 6.54 Å². The Morgan fingerprint density at radius 2 is 1.95 bits per heavy atom. The van der Waals surface area contributed by atoms with Gasteiger partial charge in [-0.15, -0.1) is 0 Å². The van der Waals surface area contributed by atoms with E-state index in [-0.39, 0.29) is 5.82 Å². The van der Waals surface area contributed by atoms with Gasteiger partial charge in [-0.1, -0.05) is 34.1 Å². The number of rotatable bonds is 3. The van der Waals surface area contributed by atoms with Gasteiger partial charge < -0.3 is 5.32 Å². The number of hydrogen-bond acceptors (Lipinski definition) is 2. The van der Waals surface area contributed by atoms with E-state index in [9.17, 15) is 4.39 Å². The number of aryl methyl sites for hydroxylation is 1. The first kappa shape index (κ1) is 14.0. The average Bonchev–Trinajstić information content (AvgIpc) is 2.47. The van der Waals surface area contributed by atoms with Crippen LogP contribution < -0.4 is 5.32 Å². The summed E-state index contributed by atoms with van der Waals surface area (Å²) in [5, 5.41) is 4.25. The first-order valence-electron chi connectivity index (χ1n) is 6.68. The van der Waals surface area contributed by atoms with Gasteiger partial charge in [0.1, 0.15) is 5.82 Å². The molecule has 0 atom stereocenters. The molecule has 0 fully saturated rings. The zero-order valence-electron chi connectivity index (χ0n) is 11.5. The van der Waals surface area contributed by atoms with Crippen molar-refractivity contribution in [2.75, 3.05) is 5.32 Å². The van der Waals surface area contributed by atoms with Crippen molar-refractivity contribution in [1.82, 2.24) is 4.98 Å². The van der Waals surface area contributed by atoms with E-state index in [0.29, 0.717) is 12.2 Å². The topological polar surface area (TPSA) is 24.9 Å². The standard InChI is InChI=1S/C17H14BrFN2/c1-11-8-12(14-4-2-3-5-16(14)21-11)10-20-17-9-13(18)6-7-15(17)19/h2-9,20H,10H2,1H3. The Balaban J connectivity index is 1.93. The molecule has 1 heterocycles. The number of hydrogen-bond donors (Lipinski definition) is 1. The summed E-state index contributed by atoms with van der Waals surface area (Å²) in [6, 6.07) is 14.9. The molecule has 0 aliphatic carbocycles.